The summed E-state index contributed by atoms with van der Waals surface area (Å²) in [6, 6.07) is 16.4. The lowest BCUT2D eigenvalue weighted by Crippen LogP contribution is -2.30. The zero-order chi connectivity index (χ0) is 15.1. The first-order valence-corrected chi connectivity index (χ1v) is 6.70. The number of amides is 1. The van der Waals surface area contributed by atoms with E-state index < -0.39 is 5.97 Å². The van der Waals surface area contributed by atoms with Gasteiger partial charge in [0.05, 0.1) is 0 Å². The summed E-state index contributed by atoms with van der Waals surface area (Å²) < 4.78 is 5.14. The molecule has 0 aliphatic rings. The standard InChI is InChI=1S/C17H17NO3/c1-13-7-5-6-10-15(13)12-21-16(19)11-18-17(20)14-8-3-2-4-9-14/h2-10H,11-12H2,1H3,(H,18,20). The molecule has 108 valence electrons. The highest BCUT2D eigenvalue weighted by Gasteiger charge is 2.08. The Bertz CT molecular complexity index is 623. The third kappa shape index (κ3) is 4.45. The molecule has 1 amide bonds. The van der Waals surface area contributed by atoms with Crippen molar-refractivity contribution < 1.29 is 14.3 Å². The second-order valence-corrected chi connectivity index (χ2v) is 4.64. The molecule has 0 aromatic heterocycles. The average Bonchev–Trinajstić information content (AvgIpc) is 2.52. The number of esters is 1. The largest absolute Gasteiger partial charge is 0.459 e. The van der Waals surface area contributed by atoms with E-state index in [9.17, 15) is 9.59 Å². The average molecular weight is 283 g/mol. The Morgan fingerprint density at radius 2 is 1.67 bits per heavy atom. The minimum atomic E-state index is -0.456. The minimum absolute atomic E-state index is 0.139. The molecule has 0 bridgehead atoms. The van der Waals surface area contributed by atoms with E-state index in [1.165, 1.54) is 0 Å². The van der Waals surface area contributed by atoms with Gasteiger partial charge in [-0.25, -0.2) is 0 Å². The number of carbonyl (C=O) groups excluding carboxylic acids is 2. The van der Waals surface area contributed by atoms with E-state index >= 15 is 0 Å². The number of ether oxygens (including phenoxy) is 1. The summed E-state index contributed by atoms with van der Waals surface area (Å²) in [4.78, 5) is 23.4. The maximum Gasteiger partial charge on any atom is 0.325 e. The third-order valence-corrected chi connectivity index (χ3v) is 3.08. The number of hydrogen-bond donors (Lipinski definition) is 1. The van der Waals surface area contributed by atoms with Crippen molar-refractivity contribution >= 4 is 11.9 Å². The summed E-state index contributed by atoms with van der Waals surface area (Å²) in [5, 5.41) is 2.54. The summed E-state index contributed by atoms with van der Waals surface area (Å²) in [5.74, 6) is -0.744. The number of benzene rings is 2. The predicted molar refractivity (Wildman–Crippen MR) is 79.8 cm³/mol. The molecule has 2 aromatic carbocycles. The van der Waals surface area contributed by atoms with Crippen molar-refractivity contribution in [1.29, 1.82) is 0 Å². The van der Waals surface area contributed by atoms with Crippen LogP contribution in [0.25, 0.3) is 0 Å². The van der Waals surface area contributed by atoms with Gasteiger partial charge in [0, 0.05) is 5.56 Å². The Labute approximate surface area is 123 Å². The van der Waals surface area contributed by atoms with Gasteiger partial charge in [-0.1, -0.05) is 42.5 Å². The smallest absolute Gasteiger partial charge is 0.325 e. The van der Waals surface area contributed by atoms with E-state index in [1.54, 1.807) is 24.3 Å². The first-order chi connectivity index (χ1) is 10.2. The van der Waals surface area contributed by atoms with E-state index in [0.717, 1.165) is 11.1 Å². The van der Waals surface area contributed by atoms with Crippen LogP contribution in [0.4, 0.5) is 0 Å². The molecular weight excluding hydrogens is 266 g/mol. The fourth-order valence-electron chi connectivity index (χ4n) is 1.83. The maximum atomic E-state index is 11.8. The molecule has 4 nitrogen and oxygen atoms in total. The Morgan fingerprint density at radius 1 is 1.00 bits per heavy atom. The van der Waals surface area contributed by atoms with Crippen molar-refractivity contribution in [3.63, 3.8) is 0 Å². The number of carbonyl (C=O) groups is 2. The molecule has 2 rings (SSSR count). The fraction of sp³-hybridized carbons (Fsp3) is 0.176. The zero-order valence-corrected chi connectivity index (χ0v) is 11.8. The Morgan fingerprint density at radius 3 is 2.38 bits per heavy atom. The zero-order valence-electron chi connectivity index (χ0n) is 11.8. The summed E-state index contributed by atoms with van der Waals surface area (Å²) in [6.07, 6.45) is 0. The van der Waals surface area contributed by atoms with Crippen molar-refractivity contribution in [1.82, 2.24) is 5.32 Å². The van der Waals surface area contributed by atoms with Crippen molar-refractivity contribution in [3.05, 3.63) is 71.3 Å². The molecule has 0 fully saturated rings. The fourth-order valence-corrected chi connectivity index (χ4v) is 1.83. The predicted octanol–water partition coefficient (Wildman–Crippen LogP) is 2.47. The molecule has 0 spiro atoms. The van der Waals surface area contributed by atoms with Crippen LogP contribution in [0.1, 0.15) is 21.5 Å². The van der Waals surface area contributed by atoms with Crippen LogP contribution < -0.4 is 5.32 Å². The van der Waals surface area contributed by atoms with Gasteiger partial charge in [0.25, 0.3) is 5.91 Å². The maximum absolute atomic E-state index is 11.8. The second-order valence-electron chi connectivity index (χ2n) is 4.64. The summed E-state index contributed by atoms with van der Waals surface area (Å²) in [6.45, 7) is 2.03. The van der Waals surface area contributed by atoms with Crippen molar-refractivity contribution in [2.45, 2.75) is 13.5 Å². The van der Waals surface area contributed by atoms with Gasteiger partial charge in [0.1, 0.15) is 13.2 Å². The van der Waals surface area contributed by atoms with E-state index in [4.69, 9.17) is 4.74 Å². The van der Waals surface area contributed by atoms with Gasteiger partial charge in [-0.05, 0) is 30.2 Å². The Hall–Kier alpha value is -2.62. The third-order valence-electron chi connectivity index (χ3n) is 3.08. The van der Waals surface area contributed by atoms with E-state index in [-0.39, 0.29) is 19.1 Å². The number of nitrogens with one attached hydrogen (secondary N) is 1. The molecule has 0 atom stereocenters. The van der Waals surface area contributed by atoms with Crippen molar-refractivity contribution in [2.24, 2.45) is 0 Å². The van der Waals surface area contributed by atoms with Gasteiger partial charge in [0.2, 0.25) is 0 Å². The van der Waals surface area contributed by atoms with Crippen LogP contribution in [0.5, 0.6) is 0 Å². The van der Waals surface area contributed by atoms with Crippen LogP contribution in [0.2, 0.25) is 0 Å². The number of aryl methyl sites for hydroxylation is 1. The molecular formula is C17H17NO3. The molecule has 1 N–H and O–H groups in total. The summed E-state index contributed by atoms with van der Waals surface area (Å²) in [5.41, 5.74) is 2.54. The van der Waals surface area contributed by atoms with Crippen molar-refractivity contribution in [3.8, 4) is 0 Å². The molecule has 4 heteroatoms. The van der Waals surface area contributed by atoms with Gasteiger partial charge >= 0.3 is 5.97 Å². The molecule has 0 saturated heterocycles. The Balaban J connectivity index is 1.78. The van der Waals surface area contributed by atoms with Crippen LogP contribution >= 0.6 is 0 Å². The van der Waals surface area contributed by atoms with Crippen LogP contribution in [-0.4, -0.2) is 18.4 Å². The summed E-state index contributed by atoms with van der Waals surface area (Å²) in [7, 11) is 0. The van der Waals surface area contributed by atoms with Crippen LogP contribution in [-0.2, 0) is 16.1 Å². The van der Waals surface area contributed by atoms with Crippen LogP contribution in [0, 0.1) is 6.92 Å². The summed E-state index contributed by atoms with van der Waals surface area (Å²) >= 11 is 0. The molecule has 2 aromatic rings. The van der Waals surface area contributed by atoms with Gasteiger partial charge in [-0.3, -0.25) is 9.59 Å². The highest BCUT2D eigenvalue weighted by molar-refractivity contribution is 5.95. The van der Waals surface area contributed by atoms with Gasteiger partial charge in [0.15, 0.2) is 0 Å². The molecule has 0 heterocycles. The lowest BCUT2D eigenvalue weighted by molar-refractivity contribution is -0.143. The SMILES string of the molecule is Cc1ccccc1COC(=O)CNC(=O)c1ccccc1. The van der Waals surface area contributed by atoms with Crippen LogP contribution in [0.15, 0.2) is 54.6 Å². The molecule has 0 aliphatic heterocycles. The normalized spacial score (nSPS) is 9.95. The van der Waals surface area contributed by atoms with E-state index in [1.807, 2.05) is 37.3 Å². The Kier molecular flexibility index (Phi) is 5.10. The molecule has 21 heavy (non-hydrogen) atoms. The molecule has 0 unspecified atom stereocenters. The number of hydrogen-bond acceptors (Lipinski definition) is 3. The van der Waals surface area contributed by atoms with Crippen LogP contribution in [0.3, 0.4) is 0 Å². The van der Waals surface area contributed by atoms with Gasteiger partial charge in [-0.2, -0.15) is 0 Å². The van der Waals surface area contributed by atoms with Gasteiger partial charge < -0.3 is 10.1 Å². The first kappa shape index (κ1) is 14.8. The number of rotatable bonds is 5. The highest BCUT2D eigenvalue weighted by atomic mass is 16.5. The molecule has 0 saturated carbocycles. The quantitative estimate of drug-likeness (QED) is 0.858. The lowest BCUT2D eigenvalue weighted by Gasteiger charge is -2.08. The van der Waals surface area contributed by atoms with Crippen molar-refractivity contribution in [2.75, 3.05) is 6.54 Å². The van der Waals surface area contributed by atoms with E-state index in [0.29, 0.717) is 5.56 Å². The second kappa shape index (κ2) is 7.24. The lowest BCUT2D eigenvalue weighted by atomic mass is 10.1. The van der Waals surface area contributed by atoms with Gasteiger partial charge in [-0.15, -0.1) is 0 Å². The van der Waals surface area contributed by atoms with E-state index in [2.05, 4.69) is 5.32 Å². The highest BCUT2D eigenvalue weighted by Crippen LogP contribution is 2.08. The molecule has 0 radical (unpaired) electrons. The molecule has 0 aliphatic carbocycles. The monoisotopic (exact) mass is 283 g/mol. The topological polar surface area (TPSA) is 55.4 Å². The minimum Gasteiger partial charge on any atom is -0.459 e. The first-order valence-electron chi connectivity index (χ1n) is 6.70.